The highest BCUT2D eigenvalue weighted by atomic mass is 16.5. The van der Waals surface area contributed by atoms with E-state index in [4.69, 9.17) is 9.47 Å². The number of rotatable bonds is 10. The number of hydrogen-bond acceptors (Lipinski definition) is 4. The summed E-state index contributed by atoms with van der Waals surface area (Å²) in [5.41, 5.74) is 1.04. The van der Waals surface area contributed by atoms with E-state index in [0.29, 0.717) is 26.2 Å². The molecule has 0 aromatic heterocycles. The summed E-state index contributed by atoms with van der Waals surface area (Å²) in [5, 5.41) is 2.89. The molecule has 6 heteroatoms. The molecule has 1 aliphatic heterocycles. The number of ether oxygens (including phenoxy) is 2. The smallest absolute Gasteiger partial charge is 0.245 e. The maximum absolute atomic E-state index is 12.8. The van der Waals surface area contributed by atoms with Crippen LogP contribution in [-0.2, 0) is 25.5 Å². The molecule has 1 saturated heterocycles. The third kappa shape index (κ3) is 6.84. The first-order chi connectivity index (χ1) is 12.2. The van der Waals surface area contributed by atoms with Gasteiger partial charge in [0, 0.05) is 33.0 Å². The summed E-state index contributed by atoms with van der Waals surface area (Å²) in [4.78, 5) is 26.8. The summed E-state index contributed by atoms with van der Waals surface area (Å²) in [6.07, 6.45) is 2.81. The molecule has 2 amide bonds. The molecule has 2 rings (SSSR count). The van der Waals surface area contributed by atoms with Crippen LogP contribution in [0.2, 0.25) is 0 Å². The summed E-state index contributed by atoms with van der Waals surface area (Å²) >= 11 is 0. The van der Waals surface area contributed by atoms with Gasteiger partial charge in [-0.1, -0.05) is 30.3 Å². The monoisotopic (exact) mass is 348 g/mol. The third-order valence-electron chi connectivity index (χ3n) is 4.24. The standard InChI is InChI=1S/C19H28N2O4/c1-24-13-14-25-12-9-18(22)20-17(15-16-7-3-2-4-8-16)19(23)21-10-5-6-11-21/h2-4,7-8,17H,5-6,9-15H2,1H3,(H,20,22). The van der Waals surface area contributed by atoms with Crippen molar-refractivity contribution in [2.45, 2.75) is 31.7 Å². The van der Waals surface area contributed by atoms with Crippen LogP contribution in [0.3, 0.4) is 0 Å². The van der Waals surface area contributed by atoms with E-state index in [-0.39, 0.29) is 18.2 Å². The molecule has 1 heterocycles. The number of carbonyl (C=O) groups excluding carboxylic acids is 2. The molecule has 0 saturated carbocycles. The molecule has 1 unspecified atom stereocenters. The van der Waals surface area contributed by atoms with E-state index in [1.54, 1.807) is 7.11 Å². The number of methoxy groups -OCH3 is 1. The van der Waals surface area contributed by atoms with Crippen LogP contribution in [-0.4, -0.2) is 62.8 Å². The SMILES string of the molecule is COCCOCCC(=O)NC(Cc1ccccc1)C(=O)N1CCCC1. The quantitative estimate of drug-likeness (QED) is 0.649. The second-order valence-electron chi connectivity index (χ2n) is 6.20. The second kappa shape index (κ2) is 10.8. The van der Waals surface area contributed by atoms with E-state index >= 15 is 0 Å². The Morgan fingerprint density at radius 2 is 1.84 bits per heavy atom. The molecule has 1 aliphatic rings. The molecular formula is C19H28N2O4. The van der Waals surface area contributed by atoms with E-state index in [2.05, 4.69) is 5.32 Å². The molecule has 1 aromatic rings. The Bertz CT molecular complexity index is 529. The average molecular weight is 348 g/mol. The van der Waals surface area contributed by atoms with Gasteiger partial charge in [-0.05, 0) is 18.4 Å². The molecule has 1 atom stereocenters. The van der Waals surface area contributed by atoms with Crippen molar-refractivity contribution in [3.63, 3.8) is 0 Å². The third-order valence-corrected chi connectivity index (χ3v) is 4.24. The van der Waals surface area contributed by atoms with Gasteiger partial charge in [-0.15, -0.1) is 0 Å². The van der Waals surface area contributed by atoms with Crippen LogP contribution in [0.5, 0.6) is 0 Å². The van der Waals surface area contributed by atoms with E-state index in [1.807, 2.05) is 35.2 Å². The maximum Gasteiger partial charge on any atom is 0.245 e. The average Bonchev–Trinajstić information content (AvgIpc) is 3.16. The van der Waals surface area contributed by atoms with Gasteiger partial charge in [-0.2, -0.15) is 0 Å². The zero-order valence-corrected chi connectivity index (χ0v) is 14.9. The first-order valence-corrected chi connectivity index (χ1v) is 8.89. The molecule has 0 spiro atoms. The molecule has 25 heavy (non-hydrogen) atoms. The summed E-state index contributed by atoms with van der Waals surface area (Å²) in [6.45, 7) is 2.85. The Labute approximate surface area is 149 Å². The van der Waals surface area contributed by atoms with Crippen molar-refractivity contribution in [2.24, 2.45) is 0 Å². The number of likely N-dealkylation sites (tertiary alicyclic amines) is 1. The van der Waals surface area contributed by atoms with Crippen molar-refractivity contribution < 1.29 is 19.1 Å². The predicted octanol–water partition coefficient (Wildman–Crippen LogP) is 1.39. The highest BCUT2D eigenvalue weighted by Crippen LogP contribution is 2.12. The first-order valence-electron chi connectivity index (χ1n) is 8.89. The van der Waals surface area contributed by atoms with Crippen LogP contribution in [0, 0.1) is 0 Å². The second-order valence-corrected chi connectivity index (χ2v) is 6.20. The lowest BCUT2D eigenvalue weighted by atomic mass is 10.0. The number of nitrogens with one attached hydrogen (secondary N) is 1. The Balaban J connectivity index is 1.89. The van der Waals surface area contributed by atoms with Crippen molar-refractivity contribution in [3.8, 4) is 0 Å². The predicted molar refractivity (Wildman–Crippen MR) is 95.2 cm³/mol. The van der Waals surface area contributed by atoms with E-state index in [9.17, 15) is 9.59 Å². The number of amides is 2. The van der Waals surface area contributed by atoms with Crippen molar-refractivity contribution in [1.82, 2.24) is 10.2 Å². The number of hydrogen-bond donors (Lipinski definition) is 1. The lowest BCUT2D eigenvalue weighted by Crippen LogP contribution is -2.49. The zero-order chi connectivity index (χ0) is 17.9. The van der Waals surface area contributed by atoms with Crippen LogP contribution < -0.4 is 5.32 Å². The summed E-state index contributed by atoms with van der Waals surface area (Å²) in [6, 6.07) is 9.26. The largest absolute Gasteiger partial charge is 0.382 e. The van der Waals surface area contributed by atoms with Gasteiger partial charge in [0.2, 0.25) is 11.8 Å². The molecule has 0 radical (unpaired) electrons. The first kappa shape index (κ1) is 19.4. The Hall–Kier alpha value is -1.92. The van der Waals surface area contributed by atoms with Crippen LogP contribution in [0.1, 0.15) is 24.8 Å². The highest BCUT2D eigenvalue weighted by molar-refractivity contribution is 5.88. The normalized spacial score (nSPS) is 15.2. The van der Waals surface area contributed by atoms with Crippen molar-refractivity contribution in [2.75, 3.05) is 40.0 Å². The van der Waals surface area contributed by atoms with Gasteiger partial charge in [0.05, 0.1) is 19.8 Å². The lowest BCUT2D eigenvalue weighted by Gasteiger charge is -2.24. The van der Waals surface area contributed by atoms with Crippen LogP contribution in [0.4, 0.5) is 0 Å². The van der Waals surface area contributed by atoms with Gasteiger partial charge in [0.25, 0.3) is 0 Å². The van der Waals surface area contributed by atoms with Gasteiger partial charge in [-0.3, -0.25) is 9.59 Å². The molecule has 1 N–H and O–H groups in total. The minimum absolute atomic E-state index is 0.00926. The molecular weight excluding hydrogens is 320 g/mol. The fourth-order valence-corrected chi connectivity index (χ4v) is 2.88. The summed E-state index contributed by atoms with van der Waals surface area (Å²) in [7, 11) is 1.61. The van der Waals surface area contributed by atoms with Gasteiger partial charge in [-0.25, -0.2) is 0 Å². The van der Waals surface area contributed by atoms with Gasteiger partial charge >= 0.3 is 0 Å². The van der Waals surface area contributed by atoms with Gasteiger partial charge in [0.1, 0.15) is 6.04 Å². The van der Waals surface area contributed by atoms with Crippen molar-refractivity contribution in [1.29, 1.82) is 0 Å². The molecule has 6 nitrogen and oxygen atoms in total. The minimum atomic E-state index is -0.521. The van der Waals surface area contributed by atoms with Gasteiger partial charge in [0.15, 0.2) is 0 Å². The van der Waals surface area contributed by atoms with Crippen molar-refractivity contribution >= 4 is 11.8 Å². The Kier molecular flexibility index (Phi) is 8.42. The fraction of sp³-hybridized carbons (Fsp3) is 0.579. The molecule has 138 valence electrons. The van der Waals surface area contributed by atoms with E-state index in [0.717, 1.165) is 31.5 Å². The summed E-state index contributed by atoms with van der Waals surface area (Å²) < 4.78 is 10.2. The highest BCUT2D eigenvalue weighted by Gasteiger charge is 2.27. The van der Waals surface area contributed by atoms with E-state index < -0.39 is 6.04 Å². The Morgan fingerprint density at radius 1 is 1.12 bits per heavy atom. The molecule has 0 bridgehead atoms. The molecule has 1 fully saturated rings. The van der Waals surface area contributed by atoms with Gasteiger partial charge < -0.3 is 19.7 Å². The maximum atomic E-state index is 12.8. The topological polar surface area (TPSA) is 67.9 Å². The Morgan fingerprint density at radius 3 is 2.52 bits per heavy atom. The number of nitrogens with zero attached hydrogens (tertiary/aromatic N) is 1. The lowest BCUT2D eigenvalue weighted by molar-refractivity contribution is -0.135. The zero-order valence-electron chi connectivity index (χ0n) is 14.9. The van der Waals surface area contributed by atoms with Crippen LogP contribution >= 0.6 is 0 Å². The molecule has 0 aliphatic carbocycles. The van der Waals surface area contributed by atoms with E-state index in [1.165, 1.54) is 0 Å². The van der Waals surface area contributed by atoms with Crippen LogP contribution in [0.25, 0.3) is 0 Å². The van der Waals surface area contributed by atoms with Crippen molar-refractivity contribution in [3.05, 3.63) is 35.9 Å². The van der Waals surface area contributed by atoms with Crippen LogP contribution in [0.15, 0.2) is 30.3 Å². The number of benzene rings is 1. The summed E-state index contributed by atoms with van der Waals surface area (Å²) in [5.74, 6) is -0.152. The fourth-order valence-electron chi connectivity index (χ4n) is 2.88. The number of carbonyl (C=O) groups is 2. The molecule has 1 aromatic carbocycles. The minimum Gasteiger partial charge on any atom is -0.382 e.